The number of amides is 1. The number of halogens is 1. The van der Waals surface area contributed by atoms with Crippen molar-refractivity contribution in [3.8, 4) is 11.5 Å². The molecule has 0 saturated carbocycles. The largest absolute Gasteiger partial charge is 0.493 e. The number of nitrogens with one attached hydrogen (secondary N) is 3. The maximum Gasteiger partial charge on any atom is 0.249 e. The number of ether oxygens (including phenoxy) is 2. The van der Waals surface area contributed by atoms with E-state index in [9.17, 15) is 4.79 Å². The van der Waals surface area contributed by atoms with Gasteiger partial charge in [0.25, 0.3) is 0 Å². The molecule has 10 heteroatoms. The van der Waals surface area contributed by atoms with Gasteiger partial charge in [0.15, 0.2) is 17.3 Å². The van der Waals surface area contributed by atoms with Crippen molar-refractivity contribution in [1.82, 2.24) is 20.4 Å². The molecule has 0 bridgehead atoms. The van der Waals surface area contributed by atoms with E-state index in [0.717, 1.165) is 11.2 Å². The van der Waals surface area contributed by atoms with Crippen LogP contribution in [0.2, 0.25) is 0 Å². The molecule has 0 aliphatic rings. The lowest BCUT2D eigenvalue weighted by molar-refractivity contribution is -0.140. The summed E-state index contributed by atoms with van der Waals surface area (Å²) in [5.74, 6) is 0.541. The summed E-state index contributed by atoms with van der Waals surface area (Å²) in [7, 11) is 1.53. The molecular weight excluding hydrogens is 477 g/mol. The summed E-state index contributed by atoms with van der Waals surface area (Å²) in [6.07, 6.45) is 1.87. The molecule has 4 N–H and O–H groups in total. The minimum atomic E-state index is -0.791. The number of rotatable bonds is 9. The Bertz CT molecular complexity index is 1460. The minimum absolute atomic E-state index is 0.286. The molecule has 0 aliphatic carbocycles. The minimum Gasteiger partial charge on any atom is -0.493 e. The standard InChI is InChI=1S/C27H32FN5O4/c1-15-9-16-18(31-15)7-8-19(23(16)28)32-24-17-10-21(36-6)22(11-20(17)29-14-30-24)37-13-26(2,3)12-27(4,5)25(34)33-35/h7-11,14,31,35H,12-13H2,1-6H3,(H,33,34)(H,29,30,32). The van der Waals surface area contributed by atoms with E-state index in [2.05, 4.69) is 20.3 Å². The third kappa shape index (κ3) is 5.43. The van der Waals surface area contributed by atoms with Gasteiger partial charge in [-0.3, -0.25) is 10.0 Å². The van der Waals surface area contributed by atoms with Crippen LogP contribution in [0.25, 0.3) is 21.8 Å². The SMILES string of the molecule is COc1cc2c(Nc3ccc4[nH]c(C)cc4c3F)ncnc2cc1OCC(C)(C)CC(C)(C)C(=O)NO. The van der Waals surface area contributed by atoms with E-state index in [1.165, 1.54) is 13.4 Å². The number of aryl methyl sites for hydroxylation is 1. The second kappa shape index (κ2) is 9.85. The summed E-state index contributed by atoms with van der Waals surface area (Å²) in [5, 5.41) is 13.3. The Morgan fingerprint density at radius 1 is 1.11 bits per heavy atom. The fourth-order valence-corrected chi connectivity index (χ4v) is 4.72. The molecule has 2 aromatic carbocycles. The highest BCUT2D eigenvalue weighted by atomic mass is 19.1. The lowest BCUT2D eigenvalue weighted by atomic mass is 9.75. The number of hydrogen-bond acceptors (Lipinski definition) is 7. The summed E-state index contributed by atoms with van der Waals surface area (Å²) < 4.78 is 26.9. The Morgan fingerprint density at radius 3 is 2.57 bits per heavy atom. The average molecular weight is 510 g/mol. The van der Waals surface area contributed by atoms with Gasteiger partial charge < -0.3 is 19.8 Å². The van der Waals surface area contributed by atoms with E-state index in [4.69, 9.17) is 14.7 Å². The number of nitrogens with zero attached hydrogens (tertiary/aromatic N) is 2. The number of carbonyl (C=O) groups is 1. The third-order valence-corrected chi connectivity index (χ3v) is 6.30. The molecule has 0 fully saturated rings. The first-order valence-electron chi connectivity index (χ1n) is 11.9. The molecule has 0 radical (unpaired) electrons. The van der Waals surface area contributed by atoms with Gasteiger partial charge in [-0.25, -0.2) is 19.8 Å². The number of carbonyl (C=O) groups excluding carboxylic acids is 1. The van der Waals surface area contributed by atoms with E-state index >= 15 is 4.39 Å². The van der Waals surface area contributed by atoms with Crippen LogP contribution >= 0.6 is 0 Å². The molecule has 1 amide bonds. The van der Waals surface area contributed by atoms with Crippen LogP contribution in [-0.2, 0) is 4.79 Å². The first-order chi connectivity index (χ1) is 17.4. The van der Waals surface area contributed by atoms with E-state index in [-0.39, 0.29) is 12.4 Å². The van der Waals surface area contributed by atoms with Crippen LogP contribution in [-0.4, -0.2) is 39.8 Å². The second-order valence-corrected chi connectivity index (χ2v) is 10.7. The number of H-pyrrole nitrogens is 1. The van der Waals surface area contributed by atoms with Gasteiger partial charge in [0.05, 0.1) is 24.9 Å². The van der Waals surface area contributed by atoms with Crippen molar-refractivity contribution in [1.29, 1.82) is 0 Å². The highest BCUT2D eigenvalue weighted by Gasteiger charge is 2.35. The molecule has 2 heterocycles. The molecule has 0 saturated heterocycles. The zero-order valence-electron chi connectivity index (χ0n) is 21.8. The Labute approximate surface area is 214 Å². The quantitative estimate of drug-likeness (QED) is 0.170. The van der Waals surface area contributed by atoms with Crippen molar-refractivity contribution in [2.24, 2.45) is 10.8 Å². The Kier molecular flexibility index (Phi) is 6.96. The number of aromatic nitrogens is 3. The van der Waals surface area contributed by atoms with Crippen LogP contribution in [0.4, 0.5) is 15.9 Å². The van der Waals surface area contributed by atoms with Gasteiger partial charge in [-0.05, 0) is 43.0 Å². The van der Waals surface area contributed by atoms with Crippen molar-refractivity contribution in [2.75, 3.05) is 19.0 Å². The number of fused-ring (bicyclic) bond motifs is 2. The molecule has 37 heavy (non-hydrogen) atoms. The molecule has 196 valence electrons. The first kappa shape index (κ1) is 26.2. The fraction of sp³-hybridized carbons (Fsp3) is 0.370. The van der Waals surface area contributed by atoms with Gasteiger partial charge in [-0.2, -0.15) is 0 Å². The Hall–Kier alpha value is -3.92. The topological polar surface area (TPSA) is 121 Å². The highest BCUT2D eigenvalue weighted by molar-refractivity contribution is 5.94. The molecule has 9 nitrogen and oxygen atoms in total. The smallest absolute Gasteiger partial charge is 0.249 e. The number of anilines is 2. The molecule has 0 atom stereocenters. The maximum atomic E-state index is 15.2. The number of aromatic amines is 1. The van der Waals surface area contributed by atoms with Crippen molar-refractivity contribution < 1.29 is 23.9 Å². The van der Waals surface area contributed by atoms with Gasteiger partial charge in [0, 0.05) is 33.5 Å². The number of hydroxylamine groups is 1. The molecule has 4 aromatic rings. The monoisotopic (exact) mass is 509 g/mol. The lowest BCUT2D eigenvalue weighted by Crippen LogP contribution is -2.39. The summed E-state index contributed by atoms with van der Waals surface area (Å²) in [5.41, 5.74) is 3.02. The summed E-state index contributed by atoms with van der Waals surface area (Å²) >= 11 is 0. The first-order valence-corrected chi connectivity index (χ1v) is 11.9. The second-order valence-electron chi connectivity index (χ2n) is 10.7. The van der Waals surface area contributed by atoms with Crippen LogP contribution in [0.15, 0.2) is 36.7 Å². The van der Waals surface area contributed by atoms with Crippen molar-refractivity contribution in [3.63, 3.8) is 0 Å². The van der Waals surface area contributed by atoms with Crippen molar-refractivity contribution >= 4 is 39.2 Å². The van der Waals surface area contributed by atoms with Crippen LogP contribution in [0.1, 0.15) is 39.8 Å². The summed E-state index contributed by atoms with van der Waals surface area (Å²) in [4.78, 5) is 23.8. The average Bonchev–Trinajstić information content (AvgIpc) is 3.24. The zero-order valence-corrected chi connectivity index (χ0v) is 21.8. The normalized spacial score (nSPS) is 12.1. The van der Waals surface area contributed by atoms with Crippen LogP contribution < -0.4 is 20.3 Å². The fourth-order valence-electron chi connectivity index (χ4n) is 4.72. The molecular formula is C27H32FN5O4. The summed E-state index contributed by atoms with van der Waals surface area (Å²) in [6, 6.07) is 8.74. The van der Waals surface area contributed by atoms with Crippen LogP contribution in [0.3, 0.4) is 0 Å². The van der Waals surface area contributed by atoms with Crippen molar-refractivity contribution in [3.05, 3.63) is 48.2 Å². The van der Waals surface area contributed by atoms with E-state index < -0.39 is 16.7 Å². The van der Waals surface area contributed by atoms with Crippen LogP contribution in [0, 0.1) is 23.6 Å². The molecule has 4 rings (SSSR count). The maximum absolute atomic E-state index is 15.2. The third-order valence-electron chi connectivity index (χ3n) is 6.30. The van der Waals surface area contributed by atoms with Gasteiger partial charge in [-0.1, -0.05) is 27.7 Å². The Balaban J connectivity index is 1.61. The van der Waals surface area contributed by atoms with Gasteiger partial charge >= 0.3 is 0 Å². The molecule has 0 aliphatic heterocycles. The van der Waals surface area contributed by atoms with Gasteiger partial charge in [-0.15, -0.1) is 0 Å². The van der Waals surface area contributed by atoms with Gasteiger partial charge in [0.2, 0.25) is 5.91 Å². The Morgan fingerprint density at radius 2 is 1.86 bits per heavy atom. The van der Waals surface area contributed by atoms with E-state index in [0.29, 0.717) is 45.7 Å². The van der Waals surface area contributed by atoms with Crippen molar-refractivity contribution in [2.45, 2.75) is 41.0 Å². The molecule has 2 aromatic heterocycles. The zero-order chi connectivity index (χ0) is 27.0. The van der Waals surface area contributed by atoms with E-state index in [1.54, 1.807) is 43.6 Å². The molecule has 0 unspecified atom stereocenters. The van der Waals surface area contributed by atoms with E-state index in [1.807, 2.05) is 26.8 Å². The van der Waals surface area contributed by atoms with Crippen LogP contribution in [0.5, 0.6) is 11.5 Å². The van der Waals surface area contributed by atoms with Gasteiger partial charge in [0.1, 0.15) is 12.1 Å². The number of benzene rings is 2. The predicted octanol–water partition coefficient (Wildman–Crippen LogP) is 5.64. The molecule has 0 spiro atoms. The lowest BCUT2D eigenvalue weighted by Gasteiger charge is -2.33. The number of methoxy groups -OCH3 is 1. The predicted molar refractivity (Wildman–Crippen MR) is 140 cm³/mol. The number of hydrogen-bond donors (Lipinski definition) is 4. The highest BCUT2D eigenvalue weighted by Crippen LogP contribution is 2.38. The summed E-state index contributed by atoms with van der Waals surface area (Å²) in [6.45, 7) is 9.65.